The lowest BCUT2D eigenvalue weighted by molar-refractivity contribution is 0.103. The first-order chi connectivity index (χ1) is 18.4. The van der Waals surface area contributed by atoms with Crippen molar-refractivity contribution in [3.63, 3.8) is 0 Å². The van der Waals surface area contributed by atoms with Gasteiger partial charge in [0.2, 0.25) is 0 Å². The molecule has 2 N–H and O–H groups in total. The molecular formula is C27H25ClN6O3S. The lowest BCUT2D eigenvalue weighted by Gasteiger charge is -2.28. The summed E-state index contributed by atoms with van der Waals surface area (Å²) >= 11 is 7.49. The summed E-state index contributed by atoms with van der Waals surface area (Å²) in [5.41, 5.74) is 3.64. The Morgan fingerprint density at radius 1 is 1.18 bits per heavy atom. The van der Waals surface area contributed by atoms with Crippen molar-refractivity contribution in [2.24, 2.45) is 0 Å². The predicted octanol–water partition coefficient (Wildman–Crippen LogP) is 6.19. The molecule has 0 unspecified atom stereocenters. The fraction of sp³-hybridized carbons (Fsp3) is 0.259. The second-order valence-electron chi connectivity index (χ2n) is 9.36. The van der Waals surface area contributed by atoms with Crippen molar-refractivity contribution in [2.75, 3.05) is 35.7 Å². The summed E-state index contributed by atoms with van der Waals surface area (Å²) in [6, 6.07) is 10.9. The van der Waals surface area contributed by atoms with Crippen LogP contribution in [0, 0.1) is 6.92 Å². The topological polar surface area (TPSA) is 99.7 Å². The number of hydrogen-bond donors (Lipinski definition) is 2. The second-order valence-corrected chi connectivity index (χ2v) is 10.8. The van der Waals surface area contributed by atoms with E-state index >= 15 is 0 Å². The molecule has 4 heterocycles. The number of halogens is 1. The summed E-state index contributed by atoms with van der Waals surface area (Å²) in [6.07, 6.45) is 3.89. The number of aromatic nitrogens is 2. The van der Waals surface area contributed by atoms with E-state index in [1.807, 2.05) is 31.2 Å². The average Bonchev–Trinajstić information content (AvgIpc) is 3.55. The number of likely N-dealkylation sites (tertiary alicyclic amines) is 1. The summed E-state index contributed by atoms with van der Waals surface area (Å²) in [5, 5.41) is 6.90. The van der Waals surface area contributed by atoms with E-state index in [-0.39, 0.29) is 5.91 Å². The number of nitrogens with zero attached hydrogens (tertiary/aromatic N) is 4. The standard InChI is InChI=1S/C27H25ClN6O3S/c1-15-11-18(28)20(37-2)12-19(15)34-24-21-22(32-27(34)36)23(38-26(21)30-14-29-24)25(35)31-17-7-5-16(6-8-17)13-33-9-3-4-10-33/h5-8,11-12,14H,3-4,9-10,13H2,1-2H3,(H,31,35)(H,32,36). The normalized spacial score (nSPS) is 15.1. The van der Waals surface area contributed by atoms with Crippen LogP contribution in [0.3, 0.4) is 0 Å². The predicted molar refractivity (Wildman–Crippen MR) is 150 cm³/mol. The lowest BCUT2D eigenvalue weighted by Crippen LogP contribution is -2.35. The van der Waals surface area contributed by atoms with Gasteiger partial charge in [-0.15, -0.1) is 11.3 Å². The van der Waals surface area contributed by atoms with Gasteiger partial charge in [-0.3, -0.25) is 9.69 Å². The number of urea groups is 1. The van der Waals surface area contributed by atoms with Crippen LogP contribution in [0.1, 0.15) is 33.6 Å². The third-order valence-electron chi connectivity index (χ3n) is 6.85. The highest BCUT2D eigenvalue weighted by Crippen LogP contribution is 2.46. The molecule has 1 saturated heterocycles. The molecule has 1 fully saturated rings. The number of carbonyl (C=O) groups excluding carboxylic acids is 2. The highest BCUT2D eigenvalue weighted by molar-refractivity contribution is 7.21. The molecule has 194 valence electrons. The van der Waals surface area contributed by atoms with Gasteiger partial charge in [0.05, 0.1) is 28.9 Å². The van der Waals surface area contributed by atoms with Crippen LogP contribution in [0.25, 0.3) is 10.2 Å². The van der Waals surface area contributed by atoms with Gasteiger partial charge in [0.25, 0.3) is 5.91 Å². The number of ether oxygens (including phenoxy) is 1. The summed E-state index contributed by atoms with van der Waals surface area (Å²) < 4.78 is 5.37. The molecule has 2 aliphatic heterocycles. The number of rotatable bonds is 6. The Morgan fingerprint density at radius 3 is 2.68 bits per heavy atom. The minimum atomic E-state index is -0.441. The molecule has 0 aliphatic carbocycles. The van der Waals surface area contributed by atoms with Crippen LogP contribution in [0.2, 0.25) is 5.02 Å². The number of amides is 3. The highest BCUT2D eigenvalue weighted by Gasteiger charge is 2.34. The zero-order chi connectivity index (χ0) is 26.4. The summed E-state index contributed by atoms with van der Waals surface area (Å²) in [4.78, 5) is 40.4. The summed E-state index contributed by atoms with van der Waals surface area (Å²) in [6.45, 7) is 5.03. The minimum Gasteiger partial charge on any atom is -0.495 e. The molecule has 2 aromatic carbocycles. The molecule has 38 heavy (non-hydrogen) atoms. The average molecular weight is 549 g/mol. The minimum absolute atomic E-state index is 0.320. The van der Waals surface area contributed by atoms with Gasteiger partial charge in [-0.1, -0.05) is 23.7 Å². The molecule has 2 aliphatic rings. The molecule has 4 aromatic rings. The summed E-state index contributed by atoms with van der Waals surface area (Å²) in [5.74, 6) is 0.509. The van der Waals surface area contributed by atoms with E-state index in [1.54, 1.807) is 12.1 Å². The van der Waals surface area contributed by atoms with Gasteiger partial charge >= 0.3 is 6.03 Å². The smallest absolute Gasteiger partial charge is 0.332 e. The lowest BCUT2D eigenvalue weighted by atomic mass is 10.1. The first-order valence-corrected chi connectivity index (χ1v) is 13.5. The van der Waals surface area contributed by atoms with E-state index in [1.165, 1.54) is 48.1 Å². The van der Waals surface area contributed by atoms with Gasteiger partial charge in [0.15, 0.2) is 5.82 Å². The first kappa shape index (κ1) is 24.6. The monoisotopic (exact) mass is 548 g/mol. The van der Waals surface area contributed by atoms with Crippen molar-refractivity contribution in [3.05, 3.63) is 63.8 Å². The van der Waals surface area contributed by atoms with Crippen LogP contribution < -0.4 is 20.3 Å². The number of benzene rings is 2. The number of anilines is 4. The summed E-state index contributed by atoms with van der Waals surface area (Å²) in [7, 11) is 1.52. The van der Waals surface area contributed by atoms with Crippen LogP contribution in [0.5, 0.6) is 5.75 Å². The fourth-order valence-corrected chi connectivity index (χ4v) is 6.25. The number of carbonyl (C=O) groups is 2. The van der Waals surface area contributed by atoms with Gasteiger partial charge in [0, 0.05) is 18.3 Å². The van der Waals surface area contributed by atoms with E-state index < -0.39 is 6.03 Å². The van der Waals surface area contributed by atoms with Crippen molar-refractivity contribution in [2.45, 2.75) is 26.3 Å². The van der Waals surface area contributed by atoms with Crippen LogP contribution in [0.15, 0.2) is 42.7 Å². The van der Waals surface area contributed by atoms with Crippen molar-refractivity contribution < 1.29 is 14.3 Å². The quantitative estimate of drug-likeness (QED) is 0.298. The Labute approximate surface area is 228 Å². The number of nitrogens with one attached hydrogen (secondary N) is 2. The van der Waals surface area contributed by atoms with Crippen molar-refractivity contribution in [3.8, 4) is 5.75 Å². The van der Waals surface area contributed by atoms with Gasteiger partial charge in [-0.25, -0.2) is 19.7 Å². The molecule has 9 nitrogen and oxygen atoms in total. The zero-order valence-electron chi connectivity index (χ0n) is 20.9. The van der Waals surface area contributed by atoms with Crippen molar-refractivity contribution >= 4 is 68.0 Å². The number of aryl methyl sites for hydroxylation is 1. The van der Waals surface area contributed by atoms with Crippen molar-refractivity contribution in [1.82, 2.24) is 14.9 Å². The molecule has 3 amide bonds. The first-order valence-electron chi connectivity index (χ1n) is 12.3. The maximum atomic E-state index is 13.4. The third kappa shape index (κ3) is 4.34. The second kappa shape index (κ2) is 9.86. The van der Waals surface area contributed by atoms with E-state index in [4.69, 9.17) is 16.3 Å². The Balaban J connectivity index is 1.31. The van der Waals surface area contributed by atoms with Crippen LogP contribution in [-0.2, 0) is 6.54 Å². The molecule has 11 heteroatoms. The van der Waals surface area contributed by atoms with E-state index in [2.05, 4.69) is 25.5 Å². The zero-order valence-corrected chi connectivity index (χ0v) is 22.4. The van der Waals surface area contributed by atoms with Gasteiger partial charge in [-0.2, -0.15) is 0 Å². The molecule has 0 spiro atoms. The van der Waals surface area contributed by atoms with Gasteiger partial charge < -0.3 is 15.4 Å². The molecular weight excluding hydrogens is 524 g/mol. The number of hydrogen-bond acceptors (Lipinski definition) is 7. The largest absolute Gasteiger partial charge is 0.495 e. The molecule has 0 radical (unpaired) electrons. The molecule has 2 aromatic heterocycles. The van der Waals surface area contributed by atoms with Crippen molar-refractivity contribution in [1.29, 1.82) is 0 Å². The van der Waals surface area contributed by atoms with Crippen LogP contribution in [0.4, 0.5) is 27.7 Å². The third-order valence-corrected chi connectivity index (χ3v) is 8.24. The maximum Gasteiger partial charge on any atom is 0.332 e. The van der Waals surface area contributed by atoms with Gasteiger partial charge in [0.1, 0.15) is 21.8 Å². The van der Waals surface area contributed by atoms with Crippen LogP contribution >= 0.6 is 22.9 Å². The Bertz CT molecular complexity index is 1570. The Morgan fingerprint density at radius 2 is 1.95 bits per heavy atom. The van der Waals surface area contributed by atoms with Gasteiger partial charge in [-0.05, 0) is 62.2 Å². The van der Waals surface area contributed by atoms with Crippen LogP contribution in [-0.4, -0.2) is 47.0 Å². The number of thiophene rings is 1. The fourth-order valence-electron chi connectivity index (χ4n) is 4.97. The molecule has 0 atom stereocenters. The maximum absolute atomic E-state index is 13.4. The molecule has 0 bridgehead atoms. The number of methoxy groups -OCH3 is 1. The molecule has 0 saturated carbocycles. The Hall–Kier alpha value is -3.73. The molecule has 6 rings (SSSR count). The van der Waals surface area contributed by atoms with E-state index in [0.717, 1.165) is 25.2 Å². The SMILES string of the molecule is COc1cc(N2C(=O)Nc3c(C(=O)Nc4ccc(CN5CCCC5)cc4)sc4ncnc2c34)c(C)cc1Cl. The highest BCUT2D eigenvalue weighted by atomic mass is 35.5. The van der Waals surface area contributed by atoms with E-state index in [9.17, 15) is 9.59 Å². The Kier molecular flexibility index (Phi) is 6.38. The van der Waals surface area contributed by atoms with E-state index in [0.29, 0.717) is 48.7 Å².